The molecule has 0 aliphatic rings. The molecule has 23 heavy (non-hydrogen) atoms. The molecule has 0 radical (unpaired) electrons. The number of halogens is 3. The molecule has 2 aromatic carbocycles. The van der Waals surface area contributed by atoms with Gasteiger partial charge in [0.1, 0.15) is 23.1 Å². The molecule has 0 atom stereocenters. The smallest absolute Gasteiger partial charge is 0.339 e. The molecular formula is C18H17F3O2. The Morgan fingerprint density at radius 3 is 2.13 bits per heavy atom. The molecule has 0 unspecified atom stereocenters. The zero-order valence-electron chi connectivity index (χ0n) is 13.3. The van der Waals surface area contributed by atoms with Crippen LogP contribution < -0.4 is 0 Å². The lowest BCUT2D eigenvalue weighted by Gasteiger charge is -2.21. The van der Waals surface area contributed by atoms with Crippen LogP contribution in [-0.4, -0.2) is 11.6 Å². The number of hydrogen-bond acceptors (Lipinski definition) is 2. The first-order chi connectivity index (χ1) is 10.6. The van der Waals surface area contributed by atoms with Gasteiger partial charge < -0.3 is 4.74 Å². The molecule has 5 heteroatoms. The highest BCUT2D eigenvalue weighted by Crippen LogP contribution is 2.32. The zero-order valence-corrected chi connectivity index (χ0v) is 13.3. The van der Waals surface area contributed by atoms with Crippen molar-refractivity contribution in [2.45, 2.75) is 33.3 Å². The van der Waals surface area contributed by atoms with Crippen LogP contribution >= 0.6 is 0 Å². The summed E-state index contributed by atoms with van der Waals surface area (Å²) < 4.78 is 46.6. The number of rotatable bonds is 2. The maximum Gasteiger partial charge on any atom is 0.339 e. The number of hydrogen-bond donors (Lipinski definition) is 0. The highest BCUT2D eigenvalue weighted by Gasteiger charge is 2.25. The van der Waals surface area contributed by atoms with Crippen molar-refractivity contribution in [3.8, 4) is 11.1 Å². The first-order valence-electron chi connectivity index (χ1n) is 7.08. The number of esters is 1. The lowest BCUT2D eigenvalue weighted by molar-refractivity contribution is 0.00697. The monoisotopic (exact) mass is 322 g/mol. The molecule has 0 aromatic heterocycles. The average molecular weight is 322 g/mol. The van der Waals surface area contributed by atoms with Crippen molar-refractivity contribution in [2.24, 2.45) is 0 Å². The zero-order chi connectivity index (χ0) is 17.4. The normalized spacial score (nSPS) is 11.4. The van der Waals surface area contributed by atoms with E-state index < -0.39 is 34.6 Å². The van der Waals surface area contributed by atoms with Crippen LogP contribution in [0.1, 0.15) is 36.7 Å². The lowest BCUT2D eigenvalue weighted by atomic mass is 9.95. The molecule has 0 amide bonds. The first-order valence-corrected chi connectivity index (χ1v) is 7.08. The Hall–Kier alpha value is -2.30. The molecule has 0 heterocycles. The topological polar surface area (TPSA) is 26.3 Å². The Labute approximate surface area is 132 Å². The van der Waals surface area contributed by atoms with Crippen LogP contribution in [0.3, 0.4) is 0 Å². The molecule has 0 saturated carbocycles. The van der Waals surface area contributed by atoms with Crippen LogP contribution in [0.25, 0.3) is 11.1 Å². The summed E-state index contributed by atoms with van der Waals surface area (Å²) >= 11 is 0. The Kier molecular flexibility index (Phi) is 4.50. The van der Waals surface area contributed by atoms with Gasteiger partial charge in [-0.3, -0.25) is 0 Å². The van der Waals surface area contributed by atoms with E-state index >= 15 is 0 Å². The molecule has 0 aliphatic heterocycles. The summed E-state index contributed by atoms with van der Waals surface area (Å²) in [5.74, 6) is -3.85. The summed E-state index contributed by atoms with van der Waals surface area (Å²) in [5.41, 5.74) is -0.590. The number of carbonyl (C=O) groups is 1. The van der Waals surface area contributed by atoms with E-state index in [2.05, 4.69) is 0 Å². The van der Waals surface area contributed by atoms with E-state index in [1.165, 1.54) is 6.07 Å². The molecule has 0 N–H and O–H groups in total. The van der Waals surface area contributed by atoms with E-state index in [0.29, 0.717) is 17.7 Å². The van der Waals surface area contributed by atoms with Crippen molar-refractivity contribution < 1.29 is 22.7 Å². The highest BCUT2D eigenvalue weighted by atomic mass is 19.1. The van der Waals surface area contributed by atoms with Crippen molar-refractivity contribution in [3.63, 3.8) is 0 Å². The number of aryl methyl sites for hydroxylation is 1. The van der Waals surface area contributed by atoms with Gasteiger partial charge in [-0.25, -0.2) is 18.0 Å². The Morgan fingerprint density at radius 1 is 1.04 bits per heavy atom. The maximum absolute atomic E-state index is 14.1. The molecule has 0 aliphatic carbocycles. The molecule has 2 nitrogen and oxygen atoms in total. The Bertz CT molecular complexity index is 738. The Balaban J connectivity index is 2.66. The quantitative estimate of drug-likeness (QED) is 0.725. The Morgan fingerprint density at radius 2 is 1.61 bits per heavy atom. The summed E-state index contributed by atoms with van der Waals surface area (Å²) in [6, 6.07) is 5.79. The van der Waals surface area contributed by atoms with Gasteiger partial charge in [-0.05, 0) is 33.3 Å². The van der Waals surface area contributed by atoms with E-state index in [4.69, 9.17) is 4.74 Å². The van der Waals surface area contributed by atoms with E-state index in [0.717, 1.165) is 0 Å². The van der Waals surface area contributed by atoms with Crippen LogP contribution in [0.5, 0.6) is 0 Å². The summed E-state index contributed by atoms with van der Waals surface area (Å²) in [7, 11) is 0. The highest BCUT2D eigenvalue weighted by molar-refractivity contribution is 5.99. The van der Waals surface area contributed by atoms with Gasteiger partial charge in [0.25, 0.3) is 0 Å². The third kappa shape index (κ3) is 3.73. The number of benzene rings is 2. The van der Waals surface area contributed by atoms with Crippen LogP contribution in [0.4, 0.5) is 13.2 Å². The van der Waals surface area contributed by atoms with Gasteiger partial charge in [-0.15, -0.1) is 0 Å². The molecule has 2 aromatic rings. The second-order valence-corrected chi connectivity index (χ2v) is 6.24. The van der Waals surface area contributed by atoms with E-state index in [9.17, 15) is 18.0 Å². The minimum absolute atomic E-state index is 0.0363. The van der Waals surface area contributed by atoms with Crippen LogP contribution in [0.15, 0.2) is 30.3 Å². The fourth-order valence-corrected chi connectivity index (χ4v) is 2.28. The lowest BCUT2D eigenvalue weighted by Crippen LogP contribution is -2.25. The molecular weight excluding hydrogens is 305 g/mol. The second kappa shape index (κ2) is 6.07. The maximum atomic E-state index is 14.1. The summed E-state index contributed by atoms with van der Waals surface area (Å²) in [6.07, 6.45) is 0. The van der Waals surface area contributed by atoms with Crippen molar-refractivity contribution in [2.75, 3.05) is 0 Å². The van der Waals surface area contributed by atoms with Gasteiger partial charge in [0.2, 0.25) is 0 Å². The van der Waals surface area contributed by atoms with Gasteiger partial charge in [0.05, 0.1) is 11.1 Å². The fourth-order valence-electron chi connectivity index (χ4n) is 2.28. The SMILES string of the molecule is Cc1cccc(-c2c(F)cc(F)cc2F)c1C(=O)OC(C)(C)C. The van der Waals surface area contributed by atoms with E-state index in [-0.39, 0.29) is 11.1 Å². The number of carbonyl (C=O) groups excluding carboxylic acids is 1. The van der Waals surface area contributed by atoms with Gasteiger partial charge in [-0.2, -0.15) is 0 Å². The van der Waals surface area contributed by atoms with E-state index in [1.54, 1.807) is 39.8 Å². The summed E-state index contributed by atoms with van der Waals surface area (Å²) in [6.45, 7) is 6.73. The standard InChI is InChI=1S/C18H17F3O2/c1-10-6-5-7-12(15(10)17(22)23-18(2,3)4)16-13(20)8-11(19)9-14(16)21/h5-9H,1-4H3. The van der Waals surface area contributed by atoms with Crippen molar-refractivity contribution in [3.05, 3.63) is 58.9 Å². The minimum Gasteiger partial charge on any atom is -0.456 e. The third-order valence-corrected chi connectivity index (χ3v) is 3.15. The van der Waals surface area contributed by atoms with Gasteiger partial charge in [-0.1, -0.05) is 18.2 Å². The molecule has 0 saturated heterocycles. The van der Waals surface area contributed by atoms with Gasteiger partial charge in [0, 0.05) is 17.7 Å². The van der Waals surface area contributed by atoms with Crippen LogP contribution in [-0.2, 0) is 4.74 Å². The average Bonchev–Trinajstić information content (AvgIpc) is 2.35. The predicted octanol–water partition coefficient (Wildman–Crippen LogP) is 5.03. The second-order valence-electron chi connectivity index (χ2n) is 6.24. The van der Waals surface area contributed by atoms with Crippen LogP contribution in [0.2, 0.25) is 0 Å². The molecule has 0 bridgehead atoms. The number of ether oxygens (including phenoxy) is 1. The van der Waals surface area contributed by atoms with Gasteiger partial charge >= 0.3 is 5.97 Å². The van der Waals surface area contributed by atoms with Crippen LogP contribution in [0, 0.1) is 24.4 Å². The third-order valence-electron chi connectivity index (χ3n) is 3.15. The largest absolute Gasteiger partial charge is 0.456 e. The van der Waals surface area contributed by atoms with Crippen molar-refractivity contribution in [1.29, 1.82) is 0 Å². The predicted molar refractivity (Wildman–Crippen MR) is 81.7 cm³/mol. The fraction of sp³-hybridized carbons (Fsp3) is 0.278. The molecule has 122 valence electrons. The van der Waals surface area contributed by atoms with Crippen molar-refractivity contribution >= 4 is 5.97 Å². The van der Waals surface area contributed by atoms with E-state index in [1.807, 2.05) is 0 Å². The van der Waals surface area contributed by atoms with Crippen molar-refractivity contribution in [1.82, 2.24) is 0 Å². The minimum atomic E-state index is -1.07. The van der Waals surface area contributed by atoms with Gasteiger partial charge in [0.15, 0.2) is 0 Å². The summed E-state index contributed by atoms with van der Waals surface area (Å²) in [5, 5.41) is 0. The molecule has 0 spiro atoms. The molecule has 0 fully saturated rings. The summed E-state index contributed by atoms with van der Waals surface area (Å²) in [4.78, 5) is 12.4. The molecule has 2 rings (SSSR count). The first kappa shape index (κ1) is 17.1.